The van der Waals surface area contributed by atoms with Crippen LogP contribution in [0.2, 0.25) is 0 Å². The van der Waals surface area contributed by atoms with Crippen LogP contribution in [-0.2, 0) is 23.8 Å². The van der Waals surface area contributed by atoms with E-state index in [4.69, 9.17) is 14.2 Å². The second kappa shape index (κ2) is 52.3. The molecule has 8 atom stereocenters. The van der Waals surface area contributed by atoms with Crippen LogP contribution >= 0.6 is 0 Å². The molecule has 1 aliphatic heterocycles. The van der Waals surface area contributed by atoms with E-state index in [2.05, 4.69) is 62.5 Å². The molecule has 1 fully saturated rings. The number of aliphatic hydroxyl groups excluding tert-OH is 5. The highest BCUT2D eigenvalue weighted by Gasteiger charge is 2.47. The van der Waals surface area contributed by atoms with Gasteiger partial charge in [-0.2, -0.15) is 0 Å². The average molecular weight is 1060 g/mol. The van der Waals surface area contributed by atoms with Crippen molar-refractivity contribution in [1.29, 1.82) is 0 Å². The molecule has 1 heterocycles. The van der Waals surface area contributed by atoms with Gasteiger partial charge in [0.1, 0.15) is 24.4 Å². The maximum Gasteiger partial charge on any atom is 0.306 e. The molecule has 0 saturated carbocycles. The van der Waals surface area contributed by atoms with Gasteiger partial charge in [0.2, 0.25) is 5.91 Å². The lowest BCUT2D eigenvalue weighted by molar-refractivity contribution is -0.305. The number of rotatable bonds is 53. The second-order valence-corrected chi connectivity index (χ2v) is 21.8. The summed E-state index contributed by atoms with van der Waals surface area (Å²) in [6.45, 7) is 5.77. The molecule has 0 aliphatic carbocycles. The molecule has 75 heavy (non-hydrogen) atoms. The van der Waals surface area contributed by atoms with Gasteiger partial charge in [-0.1, -0.05) is 262 Å². The van der Waals surface area contributed by atoms with Gasteiger partial charge in [-0.3, -0.25) is 9.59 Å². The summed E-state index contributed by atoms with van der Waals surface area (Å²) in [6.07, 6.45) is 52.9. The van der Waals surface area contributed by atoms with Crippen molar-refractivity contribution in [2.24, 2.45) is 0 Å². The number of ether oxygens (including phenoxy) is 3. The quantitative estimate of drug-likeness (QED) is 0.0195. The smallest absolute Gasteiger partial charge is 0.306 e. The van der Waals surface area contributed by atoms with Crippen LogP contribution in [0.4, 0.5) is 0 Å². The molecular formula is C64H117NO10. The van der Waals surface area contributed by atoms with Crippen LogP contribution < -0.4 is 5.32 Å². The van der Waals surface area contributed by atoms with E-state index in [0.29, 0.717) is 12.8 Å². The number of carbonyl (C=O) groups is 2. The topological polar surface area (TPSA) is 175 Å². The van der Waals surface area contributed by atoms with Crippen LogP contribution in [0, 0.1) is 0 Å². The third-order valence-electron chi connectivity index (χ3n) is 14.7. The number of carbonyl (C=O) groups excluding carboxylic acids is 2. The Morgan fingerprint density at radius 1 is 0.520 bits per heavy atom. The number of aliphatic hydroxyl groups is 5. The van der Waals surface area contributed by atoms with Crippen molar-refractivity contribution in [1.82, 2.24) is 5.32 Å². The molecule has 0 bridgehead atoms. The zero-order valence-electron chi connectivity index (χ0n) is 48.4. The lowest BCUT2D eigenvalue weighted by atomic mass is 9.99. The Hall–Kier alpha value is -2.38. The normalized spacial score (nSPS) is 19.5. The molecule has 0 spiro atoms. The first-order valence-electron chi connectivity index (χ1n) is 31.4. The third-order valence-corrected chi connectivity index (χ3v) is 14.7. The molecule has 0 aromatic carbocycles. The van der Waals surface area contributed by atoms with Crippen molar-refractivity contribution in [2.45, 2.75) is 333 Å². The van der Waals surface area contributed by atoms with E-state index in [0.717, 1.165) is 77.0 Å². The fourth-order valence-electron chi connectivity index (χ4n) is 9.72. The molecule has 1 aliphatic rings. The molecule has 0 aromatic rings. The maximum absolute atomic E-state index is 13.4. The Balaban J connectivity index is 2.71. The maximum atomic E-state index is 13.4. The minimum absolute atomic E-state index is 0.124. The summed E-state index contributed by atoms with van der Waals surface area (Å²) in [5, 5.41) is 57.0. The fraction of sp³-hybridized carbons (Fsp3) is 0.844. The third kappa shape index (κ3) is 40.5. The summed E-state index contributed by atoms with van der Waals surface area (Å²) >= 11 is 0. The predicted octanol–water partition coefficient (Wildman–Crippen LogP) is 14.8. The van der Waals surface area contributed by atoms with Gasteiger partial charge in [0.05, 0.1) is 25.4 Å². The van der Waals surface area contributed by atoms with Crippen LogP contribution in [0.25, 0.3) is 0 Å². The van der Waals surface area contributed by atoms with E-state index in [1.54, 1.807) is 6.08 Å². The second-order valence-electron chi connectivity index (χ2n) is 21.8. The Labute approximate surface area is 459 Å². The number of unbranched alkanes of at least 4 members (excludes halogenated alkanes) is 33. The first-order valence-corrected chi connectivity index (χ1v) is 31.4. The minimum atomic E-state index is -1.62. The molecule has 6 N–H and O–H groups in total. The molecule has 438 valence electrons. The molecule has 1 rings (SSSR count). The van der Waals surface area contributed by atoms with Gasteiger partial charge in [0.25, 0.3) is 0 Å². The summed E-state index contributed by atoms with van der Waals surface area (Å²) in [5.74, 6) is -1.21. The fourth-order valence-corrected chi connectivity index (χ4v) is 9.72. The van der Waals surface area contributed by atoms with Crippen LogP contribution in [0.1, 0.15) is 284 Å². The molecule has 11 nitrogen and oxygen atoms in total. The Bertz CT molecular complexity index is 1400. The van der Waals surface area contributed by atoms with Crippen LogP contribution in [0.15, 0.2) is 48.6 Å². The number of nitrogens with one attached hydrogen (secondary N) is 1. The minimum Gasteiger partial charge on any atom is -0.454 e. The molecule has 11 heteroatoms. The lowest BCUT2D eigenvalue weighted by Gasteiger charge is -2.41. The molecule has 1 saturated heterocycles. The van der Waals surface area contributed by atoms with Gasteiger partial charge in [0.15, 0.2) is 12.4 Å². The predicted molar refractivity (Wildman–Crippen MR) is 310 cm³/mol. The zero-order chi connectivity index (χ0) is 54.7. The van der Waals surface area contributed by atoms with E-state index in [-0.39, 0.29) is 19.4 Å². The van der Waals surface area contributed by atoms with Crippen molar-refractivity contribution < 1.29 is 49.3 Å². The average Bonchev–Trinajstić information content (AvgIpc) is 3.41. The van der Waals surface area contributed by atoms with E-state index >= 15 is 0 Å². The number of hydrogen-bond donors (Lipinski definition) is 6. The van der Waals surface area contributed by atoms with Gasteiger partial charge in [-0.15, -0.1) is 0 Å². The summed E-state index contributed by atoms with van der Waals surface area (Å²) < 4.78 is 17.6. The van der Waals surface area contributed by atoms with Crippen LogP contribution in [-0.4, -0.2) is 99.6 Å². The molecule has 8 unspecified atom stereocenters. The van der Waals surface area contributed by atoms with Gasteiger partial charge in [-0.25, -0.2) is 0 Å². The van der Waals surface area contributed by atoms with Crippen molar-refractivity contribution >= 4 is 11.9 Å². The number of esters is 1. The van der Waals surface area contributed by atoms with E-state index in [9.17, 15) is 35.1 Å². The highest BCUT2D eigenvalue weighted by molar-refractivity contribution is 5.80. The highest BCUT2D eigenvalue weighted by Crippen LogP contribution is 2.26. The van der Waals surface area contributed by atoms with Crippen molar-refractivity contribution in [3.63, 3.8) is 0 Å². The standard InChI is InChI=1S/C64H117NO10/c1-4-7-10-13-16-19-22-25-27-29-31-34-37-40-43-46-49-52-59(69)75-62-61(71)60(70)58(53-66)74-64(62)73-54-55(56(67)50-47-44-41-38-35-32-24-21-18-15-12-9-6-3)65-63(72)57(68)51-48-45-42-39-36-33-30-28-26-23-20-17-14-11-8-5-2/h17,20,26,28,33,36,47,50,55-58,60-62,64,66-68,70-71H,4-16,18-19,21-25,27,29-32,34-35,37-46,48-49,51-54H2,1-3H3,(H,65,72)/b20-17-,28-26-,36-33-,50-47+. The Morgan fingerprint density at radius 2 is 0.920 bits per heavy atom. The van der Waals surface area contributed by atoms with Crippen LogP contribution in [0.3, 0.4) is 0 Å². The highest BCUT2D eigenvalue weighted by atomic mass is 16.7. The largest absolute Gasteiger partial charge is 0.454 e. The van der Waals surface area contributed by atoms with Crippen molar-refractivity contribution in [2.75, 3.05) is 13.2 Å². The summed E-state index contributed by atoms with van der Waals surface area (Å²) in [7, 11) is 0. The van der Waals surface area contributed by atoms with E-state index in [1.807, 2.05) is 6.08 Å². The lowest BCUT2D eigenvalue weighted by Crippen LogP contribution is -2.61. The molecule has 0 radical (unpaired) electrons. The molecular weight excluding hydrogens is 943 g/mol. The Kier molecular flexibility index (Phi) is 49.3. The van der Waals surface area contributed by atoms with Gasteiger partial charge < -0.3 is 45.1 Å². The first kappa shape index (κ1) is 70.6. The van der Waals surface area contributed by atoms with Crippen molar-refractivity contribution in [3.05, 3.63) is 48.6 Å². The van der Waals surface area contributed by atoms with Crippen LogP contribution in [0.5, 0.6) is 0 Å². The number of hydrogen-bond acceptors (Lipinski definition) is 10. The van der Waals surface area contributed by atoms with Gasteiger partial charge in [-0.05, 0) is 64.2 Å². The zero-order valence-corrected chi connectivity index (χ0v) is 48.4. The Morgan fingerprint density at radius 3 is 1.40 bits per heavy atom. The van der Waals surface area contributed by atoms with Gasteiger partial charge in [0, 0.05) is 6.42 Å². The summed E-state index contributed by atoms with van der Waals surface area (Å²) in [5.41, 5.74) is 0. The monoisotopic (exact) mass is 1060 g/mol. The summed E-state index contributed by atoms with van der Waals surface area (Å²) in [4.78, 5) is 26.5. The van der Waals surface area contributed by atoms with E-state index < -0.39 is 67.4 Å². The van der Waals surface area contributed by atoms with Crippen molar-refractivity contribution in [3.8, 4) is 0 Å². The summed E-state index contributed by atoms with van der Waals surface area (Å²) in [6, 6.07) is -1.03. The van der Waals surface area contributed by atoms with Gasteiger partial charge >= 0.3 is 5.97 Å². The number of amides is 1. The molecule has 1 amide bonds. The first-order chi connectivity index (χ1) is 36.7. The molecule has 0 aromatic heterocycles. The van der Waals surface area contributed by atoms with E-state index in [1.165, 1.54) is 161 Å². The number of allylic oxidation sites excluding steroid dienone is 7. The SMILES string of the molecule is CCCCC/C=C\C/C=C\C/C=C\CCCCCC(O)C(=O)NC(COC1OC(CO)C(O)C(O)C1OC(=O)CCCCCCCCCCCCCCCCCCC)C(O)/C=C/CCCCCCCCCCCCC.